The van der Waals surface area contributed by atoms with Crippen molar-refractivity contribution in [2.45, 2.75) is 147 Å². The lowest BCUT2D eigenvalue weighted by molar-refractivity contribution is -0.306. The molecule has 2 rings (SSSR count). The van der Waals surface area contributed by atoms with Crippen LogP contribution in [0.1, 0.15) is 6.42 Å². The van der Waals surface area contributed by atoms with Crippen molar-refractivity contribution in [3.05, 3.63) is 12.2 Å². The average molecular weight is 648 g/mol. The molecule has 40 heavy (non-hydrogen) atoms. The van der Waals surface area contributed by atoms with Crippen molar-refractivity contribution in [2.75, 3.05) is 6.61 Å². The van der Waals surface area contributed by atoms with E-state index in [-0.39, 0.29) is 12.2 Å². The fourth-order valence-electron chi connectivity index (χ4n) is 4.70. The number of hydrogen-bond acceptors (Lipinski definition) is 8. The van der Waals surface area contributed by atoms with Crippen LogP contribution in [0.2, 0.25) is 98.2 Å². The summed E-state index contributed by atoms with van der Waals surface area (Å²) in [6.07, 6.45) is 1.41. The predicted octanol–water partition coefficient (Wildman–Crippen LogP) is 6.68. The van der Waals surface area contributed by atoms with Crippen molar-refractivity contribution in [1.29, 1.82) is 5.26 Å². The van der Waals surface area contributed by atoms with E-state index in [0.29, 0.717) is 13.0 Å². The zero-order valence-corrected chi connectivity index (χ0v) is 32.8. The highest BCUT2D eigenvalue weighted by Gasteiger charge is 2.54. The molecule has 232 valence electrons. The molecular weight excluding hydrogens is 591 g/mol. The second-order valence-corrected chi connectivity index (χ2v) is 38.4. The van der Waals surface area contributed by atoms with E-state index < -0.39 is 71.8 Å². The highest BCUT2D eigenvalue weighted by molar-refractivity contribution is 6.71. The van der Waals surface area contributed by atoms with Gasteiger partial charge in [-0.1, -0.05) is 6.08 Å². The van der Waals surface area contributed by atoms with Gasteiger partial charge in [-0.25, -0.2) is 0 Å². The van der Waals surface area contributed by atoms with Gasteiger partial charge in [0.05, 0.1) is 12.7 Å². The van der Waals surface area contributed by atoms with Crippen molar-refractivity contribution < 1.29 is 31.6 Å². The van der Waals surface area contributed by atoms with Crippen LogP contribution in [0.25, 0.3) is 0 Å². The Morgan fingerprint density at radius 1 is 0.700 bits per heavy atom. The molecule has 1 aliphatic heterocycles. The summed E-state index contributed by atoms with van der Waals surface area (Å²) in [4.78, 5) is 0. The molecule has 0 aromatic rings. The number of ether oxygens (including phenoxy) is 2. The molecule has 0 N–H and O–H groups in total. The Kier molecular flexibility index (Phi) is 11.7. The lowest BCUT2D eigenvalue weighted by Gasteiger charge is -2.51. The topological polar surface area (TPSA) is 88.4 Å². The van der Waals surface area contributed by atoms with Gasteiger partial charge >= 0.3 is 0 Å². The molecule has 1 fully saturated rings. The van der Waals surface area contributed by atoms with Crippen LogP contribution < -0.4 is 0 Å². The monoisotopic (exact) mass is 647 g/mol. The molecular formula is C27H57NO7Si5. The Hall–Kier alpha value is 0.0344. The lowest BCUT2D eigenvalue weighted by Crippen LogP contribution is -2.67. The summed E-state index contributed by atoms with van der Waals surface area (Å²) in [5.41, 5.74) is -1.18. The minimum atomic E-state index is -2.11. The minimum Gasteiger partial charge on any atom is -0.415 e. The Labute approximate surface area is 249 Å². The van der Waals surface area contributed by atoms with Gasteiger partial charge in [0, 0.05) is 6.42 Å². The molecule has 0 radical (unpaired) electrons. The molecule has 0 aromatic heterocycles. The Bertz CT molecular complexity index is 911. The van der Waals surface area contributed by atoms with Gasteiger partial charge in [0.25, 0.3) is 0 Å². The molecule has 13 heteroatoms. The maximum Gasteiger partial charge on any atom is 0.187 e. The average Bonchev–Trinajstić information content (AvgIpc) is 3.09. The van der Waals surface area contributed by atoms with Crippen LogP contribution in [-0.2, 0) is 31.6 Å². The van der Waals surface area contributed by atoms with Gasteiger partial charge in [0.2, 0.25) is 0 Å². The van der Waals surface area contributed by atoms with Crippen molar-refractivity contribution in [2.24, 2.45) is 0 Å². The Morgan fingerprint density at radius 2 is 1.18 bits per heavy atom. The van der Waals surface area contributed by atoms with E-state index in [1.807, 2.05) is 12.2 Å². The summed E-state index contributed by atoms with van der Waals surface area (Å²) < 4.78 is 46.7. The molecule has 0 saturated carbocycles. The minimum absolute atomic E-state index is 0.172. The predicted molar refractivity (Wildman–Crippen MR) is 174 cm³/mol. The van der Waals surface area contributed by atoms with E-state index in [4.69, 9.17) is 31.6 Å². The van der Waals surface area contributed by atoms with Crippen molar-refractivity contribution in [3.63, 3.8) is 0 Å². The van der Waals surface area contributed by atoms with E-state index >= 15 is 0 Å². The maximum atomic E-state index is 10.4. The van der Waals surface area contributed by atoms with Gasteiger partial charge < -0.3 is 31.6 Å². The first-order valence-corrected chi connectivity index (χ1v) is 31.6. The lowest BCUT2D eigenvalue weighted by atomic mass is 9.98. The normalized spacial score (nSPS) is 32.4. The van der Waals surface area contributed by atoms with Gasteiger partial charge in [0.15, 0.2) is 53.5 Å². The molecule has 0 bridgehead atoms. The zero-order valence-electron chi connectivity index (χ0n) is 27.8. The molecule has 1 heterocycles. The van der Waals surface area contributed by atoms with E-state index in [9.17, 15) is 5.26 Å². The first-order chi connectivity index (χ1) is 17.8. The van der Waals surface area contributed by atoms with Crippen LogP contribution in [0.4, 0.5) is 0 Å². The van der Waals surface area contributed by atoms with Crippen molar-refractivity contribution >= 4 is 41.6 Å². The smallest absolute Gasteiger partial charge is 0.187 e. The van der Waals surface area contributed by atoms with Crippen LogP contribution in [0.15, 0.2) is 12.2 Å². The molecule has 7 atom stereocenters. The first kappa shape index (κ1) is 36.2. The fourth-order valence-corrected chi connectivity index (χ4v) is 9.69. The summed E-state index contributed by atoms with van der Waals surface area (Å²) >= 11 is 0. The number of hydrogen-bond donors (Lipinski definition) is 0. The summed E-state index contributed by atoms with van der Waals surface area (Å²) in [5, 5.41) is 10.4. The Balaban J connectivity index is 2.56. The quantitative estimate of drug-likeness (QED) is 0.162. The largest absolute Gasteiger partial charge is 0.415 e. The second-order valence-electron chi connectivity index (χ2n) is 16.0. The SMILES string of the molecule is C[Si](C)(C)OC[C@H]1O[C@@H](O[C@]2(C#N)C=C[C@@H](O[Si](C)(C)C)C2)[C@H](O[Si](C)(C)C)[C@@H](O[Si](C)(C)C)[C@@H]1O[Si](C)(C)C. The second kappa shape index (κ2) is 12.9. The van der Waals surface area contributed by atoms with Crippen LogP contribution in [0.3, 0.4) is 0 Å². The van der Waals surface area contributed by atoms with Gasteiger partial charge in [-0.3, -0.25) is 0 Å². The van der Waals surface area contributed by atoms with E-state index in [0.717, 1.165) is 0 Å². The summed E-state index contributed by atoms with van der Waals surface area (Å²) in [6.45, 7) is 32.8. The molecule has 0 spiro atoms. The molecule has 8 nitrogen and oxygen atoms in total. The summed E-state index contributed by atoms with van der Waals surface area (Å²) in [7, 11) is -9.89. The molecule has 2 aliphatic rings. The standard InChI is InChI=1S/C27H57NO7Si5/c1-36(2,3)29-19-22-23(33-38(7,8)9)24(34-39(10,11)12)25(35-40(13,14)15)26(30-22)31-27(20-28)17-16-21(18-27)32-37(4,5)6/h16-17,21-26H,18-19H2,1-15H3/t21-,22-,23-,24+,25-,26+,27-/m1/s1. The highest BCUT2D eigenvalue weighted by atomic mass is 28.4. The van der Waals surface area contributed by atoms with Crippen LogP contribution >= 0.6 is 0 Å². The van der Waals surface area contributed by atoms with Crippen LogP contribution in [0, 0.1) is 11.3 Å². The highest BCUT2D eigenvalue weighted by Crippen LogP contribution is 2.39. The maximum absolute atomic E-state index is 10.4. The van der Waals surface area contributed by atoms with Gasteiger partial charge in [-0.15, -0.1) is 0 Å². The third kappa shape index (κ3) is 12.3. The van der Waals surface area contributed by atoms with E-state index in [1.165, 1.54) is 0 Å². The van der Waals surface area contributed by atoms with E-state index in [2.05, 4.69) is 104 Å². The number of nitrogens with zero attached hydrogens (tertiary/aromatic N) is 1. The fraction of sp³-hybridized carbons (Fsp3) is 0.889. The van der Waals surface area contributed by atoms with Crippen LogP contribution in [-0.4, -0.2) is 90.6 Å². The van der Waals surface area contributed by atoms with Crippen LogP contribution in [0.5, 0.6) is 0 Å². The summed E-state index contributed by atoms with van der Waals surface area (Å²) in [5.74, 6) is 0. The summed E-state index contributed by atoms with van der Waals surface area (Å²) in [6, 6.07) is 2.43. The van der Waals surface area contributed by atoms with Crippen molar-refractivity contribution in [3.8, 4) is 6.07 Å². The molecule has 1 aliphatic carbocycles. The third-order valence-corrected chi connectivity index (χ3v) is 10.8. The van der Waals surface area contributed by atoms with Gasteiger partial charge in [-0.05, 0) is 104 Å². The first-order valence-electron chi connectivity index (χ1n) is 14.6. The Morgan fingerprint density at radius 3 is 1.62 bits per heavy atom. The number of rotatable bonds is 13. The molecule has 0 amide bonds. The van der Waals surface area contributed by atoms with E-state index in [1.54, 1.807) is 0 Å². The molecule has 0 aromatic carbocycles. The number of nitriles is 1. The van der Waals surface area contributed by atoms with Crippen molar-refractivity contribution in [1.82, 2.24) is 0 Å². The molecule has 0 unspecified atom stereocenters. The van der Waals surface area contributed by atoms with Gasteiger partial charge in [-0.2, -0.15) is 5.26 Å². The van der Waals surface area contributed by atoms with Gasteiger partial charge in [0.1, 0.15) is 30.5 Å². The molecule has 1 saturated heterocycles. The zero-order chi connectivity index (χ0) is 30.9. The third-order valence-electron chi connectivity index (χ3n) is 5.85.